The molecule has 1 heterocycles. The highest BCUT2D eigenvalue weighted by Crippen LogP contribution is 2.26. The molecule has 1 aromatic heterocycles. The third-order valence-corrected chi connectivity index (χ3v) is 3.04. The summed E-state index contributed by atoms with van der Waals surface area (Å²) in [4.78, 5) is 0. The molecule has 0 saturated carbocycles. The van der Waals surface area contributed by atoms with Crippen molar-refractivity contribution in [2.45, 2.75) is 13.0 Å². The van der Waals surface area contributed by atoms with Gasteiger partial charge in [0.05, 0.1) is 11.2 Å². The lowest BCUT2D eigenvalue weighted by molar-refractivity contribution is 0.465. The van der Waals surface area contributed by atoms with E-state index in [-0.39, 0.29) is 5.75 Å². The van der Waals surface area contributed by atoms with E-state index in [1.807, 2.05) is 31.6 Å². The molecular weight excluding hydrogens is 250 g/mol. The highest BCUT2D eigenvalue weighted by atomic mass is 35.5. The third kappa shape index (κ3) is 3.24. The number of rotatable bonds is 5. The number of para-hydroxylation sites is 1. The lowest BCUT2D eigenvalue weighted by Crippen LogP contribution is -2.16. The quantitative estimate of drug-likeness (QED) is 0.814. The summed E-state index contributed by atoms with van der Waals surface area (Å²) in [5, 5.41) is 17.5. The van der Waals surface area contributed by atoms with Crippen molar-refractivity contribution in [3.05, 3.63) is 46.7 Å². The molecule has 0 saturated heterocycles. The topological polar surface area (TPSA) is 50.1 Å². The molecule has 0 atom stereocenters. The van der Waals surface area contributed by atoms with Crippen LogP contribution in [0.25, 0.3) is 0 Å². The zero-order valence-corrected chi connectivity index (χ0v) is 11.0. The van der Waals surface area contributed by atoms with Crippen molar-refractivity contribution in [3.63, 3.8) is 0 Å². The Morgan fingerprint density at radius 1 is 1.44 bits per heavy atom. The molecule has 0 radical (unpaired) electrons. The normalized spacial score (nSPS) is 10.8. The van der Waals surface area contributed by atoms with Crippen LogP contribution in [0.3, 0.4) is 0 Å². The maximum absolute atomic E-state index is 9.73. The molecule has 0 amide bonds. The van der Waals surface area contributed by atoms with Crippen LogP contribution in [0.15, 0.2) is 30.6 Å². The van der Waals surface area contributed by atoms with E-state index in [9.17, 15) is 5.11 Å². The predicted octanol–water partition coefficient (Wildman–Crippen LogP) is 2.11. The Kier molecular flexibility index (Phi) is 4.23. The second-order valence-electron chi connectivity index (χ2n) is 4.20. The molecule has 2 rings (SSSR count). The molecule has 2 N–H and O–H groups in total. The molecular formula is C13H16ClN3O. The van der Waals surface area contributed by atoms with Crippen LogP contribution in [0.1, 0.15) is 11.1 Å². The summed E-state index contributed by atoms with van der Waals surface area (Å²) in [5.74, 6) is 0.160. The van der Waals surface area contributed by atoms with Crippen LogP contribution >= 0.6 is 11.6 Å². The van der Waals surface area contributed by atoms with Gasteiger partial charge in [-0.2, -0.15) is 5.10 Å². The van der Waals surface area contributed by atoms with Gasteiger partial charge in [-0.05, 0) is 24.6 Å². The minimum atomic E-state index is 0.160. The number of hydrogen-bond donors (Lipinski definition) is 2. The van der Waals surface area contributed by atoms with E-state index in [0.717, 1.165) is 18.5 Å². The van der Waals surface area contributed by atoms with Crippen molar-refractivity contribution in [3.8, 4) is 5.75 Å². The summed E-state index contributed by atoms with van der Waals surface area (Å²) in [6.07, 6.45) is 4.77. The van der Waals surface area contributed by atoms with Gasteiger partial charge in [-0.3, -0.25) is 4.68 Å². The van der Waals surface area contributed by atoms with Gasteiger partial charge in [0.25, 0.3) is 0 Å². The Bertz CT molecular complexity index is 525. The van der Waals surface area contributed by atoms with Crippen molar-refractivity contribution < 1.29 is 5.11 Å². The minimum Gasteiger partial charge on any atom is -0.506 e. The van der Waals surface area contributed by atoms with E-state index < -0.39 is 0 Å². The first-order valence-electron chi connectivity index (χ1n) is 5.81. The molecule has 1 aromatic carbocycles. The average Bonchev–Trinajstić information content (AvgIpc) is 2.76. The van der Waals surface area contributed by atoms with Gasteiger partial charge in [0.15, 0.2) is 0 Å². The fourth-order valence-corrected chi connectivity index (χ4v) is 1.95. The highest BCUT2D eigenvalue weighted by Gasteiger charge is 2.04. The lowest BCUT2D eigenvalue weighted by Gasteiger charge is -2.07. The molecule has 0 unspecified atom stereocenters. The summed E-state index contributed by atoms with van der Waals surface area (Å²) in [6, 6.07) is 5.37. The van der Waals surface area contributed by atoms with E-state index in [1.54, 1.807) is 10.7 Å². The first kappa shape index (κ1) is 12.9. The van der Waals surface area contributed by atoms with Crippen molar-refractivity contribution in [2.24, 2.45) is 7.05 Å². The summed E-state index contributed by atoms with van der Waals surface area (Å²) in [7, 11) is 1.90. The number of phenolic OH excluding ortho intramolecular Hbond substituents is 1. The smallest absolute Gasteiger partial charge is 0.138 e. The number of aryl methyl sites for hydroxylation is 1. The minimum absolute atomic E-state index is 0.160. The molecule has 0 aliphatic rings. The van der Waals surface area contributed by atoms with Crippen molar-refractivity contribution in [2.75, 3.05) is 6.54 Å². The molecule has 96 valence electrons. The Hall–Kier alpha value is -1.52. The number of aromatic nitrogens is 2. The van der Waals surface area contributed by atoms with Gasteiger partial charge in [-0.25, -0.2) is 0 Å². The maximum Gasteiger partial charge on any atom is 0.138 e. The number of nitrogens with zero attached hydrogens (tertiary/aromatic N) is 2. The summed E-state index contributed by atoms with van der Waals surface area (Å²) >= 11 is 5.84. The van der Waals surface area contributed by atoms with Gasteiger partial charge >= 0.3 is 0 Å². The van der Waals surface area contributed by atoms with Crippen LogP contribution in [-0.4, -0.2) is 21.4 Å². The molecule has 2 aromatic rings. The fraction of sp³-hybridized carbons (Fsp3) is 0.308. The lowest BCUT2D eigenvalue weighted by atomic mass is 10.2. The molecule has 4 nitrogen and oxygen atoms in total. The SMILES string of the molecule is Cn1cc(CCNCc2cccc(Cl)c2O)cn1. The molecule has 0 aliphatic heterocycles. The van der Waals surface area contributed by atoms with Crippen molar-refractivity contribution in [1.82, 2.24) is 15.1 Å². The van der Waals surface area contributed by atoms with E-state index in [4.69, 9.17) is 11.6 Å². The van der Waals surface area contributed by atoms with Crippen LogP contribution in [0, 0.1) is 0 Å². The average molecular weight is 266 g/mol. The fourth-order valence-electron chi connectivity index (χ4n) is 1.76. The Morgan fingerprint density at radius 3 is 3.00 bits per heavy atom. The van der Waals surface area contributed by atoms with Gasteiger partial charge in [0, 0.05) is 25.4 Å². The number of phenols is 1. The standard InChI is InChI=1S/C13H16ClN3O/c1-17-9-10(7-16-17)5-6-15-8-11-3-2-4-12(14)13(11)18/h2-4,7,9,15,18H,5-6,8H2,1H3. The van der Waals surface area contributed by atoms with Gasteiger partial charge < -0.3 is 10.4 Å². The second-order valence-corrected chi connectivity index (χ2v) is 4.60. The largest absolute Gasteiger partial charge is 0.506 e. The van der Waals surface area contributed by atoms with Crippen LogP contribution in [-0.2, 0) is 20.0 Å². The van der Waals surface area contributed by atoms with Crippen molar-refractivity contribution >= 4 is 11.6 Å². The Balaban J connectivity index is 1.80. The second kappa shape index (κ2) is 5.89. The van der Waals surface area contributed by atoms with Crippen LogP contribution in [0.2, 0.25) is 5.02 Å². The van der Waals surface area contributed by atoms with Gasteiger partial charge in [-0.15, -0.1) is 0 Å². The van der Waals surface area contributed by atoms with E-state index in [1.165, 1.54) is 5.56 Å². The molecule has 0 bridgehead atoms. The van der Waals surface area contributed by atoms with Crippen LogP contribution < -0.4 is 5.32 Å². The van der Waals surface area contributed by atoms with Crippen LogP contribution in [0.5, 0.6) is 5.75 Å². The van der Waals surface area contributed by atoms with Crippen molar-refractivity contribution in [1.29, 1.82) is 0 Å². The highest BCUT2D eigenvalue weighted by molar-refractivity contribution is 6.32. The zero-order valence-electron chi connectivity index (χ0n) is 10.2. The third-order valence-electron chi connectivity index (χ3n) is 2.73. The Morgan fingerprint density at radius 2 is 2.28 bits per heavy atom. The van der Waals surface area contributed by atoms with E-state index >= 15 is 0 Å². The van der Waals surface area contributed by atoms with Gasteiger partial charge in [0.1, 0.15) is 5.75 Å². The zero-order chi connectivity index (χ0) is 13.0. The van der Waals surface area contributed by atoms with Gasteiger partial charge in [0.2, 0.25) is 0 Å². The maximum atomic E-state index is 9.73. The van der Waals surface area contributed by atoms with E-state index in [0.29, 0.717) is 11.6 Å². The molecule has 0 aliphatic carbocycles. The number of hydrogen-bond acceptors (Lipinski definition) is 3. The predicted molar refractivity (Wildman–Crippen MR) is 71.7 cm³/mol. The van der Waals surface area contributed by atoms with Crippen LogP contribution in [0.4, 0.5) is 0 Å². The molecule has 5 heteroatoms. The summed E-state index contributed by atoms with van der Waals surface area (Å²) in [6.45, 7) is 1.43. The summed E-state index contributed by atoms with van der Waals surface area (Å²) in [5.41, 5.74) is 2.01. The molecule has 0 spiro atoms. The number of halogens is 1. The molecule has 18 heavy (non-hydrogen) atoms. The van der Waals surface area contributed by atoms with E-state index in [2.05, 4.69) is 10.4 Å². The Labute approximate surface area is 111 Å². The number of benzene rings is 1. The first-order chi connectivity index (χ1) is 8.66. The molecule has 0 fully saturated rings. The van der Waals surface area contributed by atoms with Gasteiger partial charge in [-0.1, -0.05) is 23.7 Å². The summed E-state index contributed by atoms with van der Waals surface area (Å²) < 4.78 is 1.79. The number of aromatic hydroxyl groups is 1. The first-order valence-corrected chi connectivity index (χ1v) is 6.19. The monoisotopic (exact) mass is 265 g/mol. The number of nitrogens with one attached hydrogen (secondary N) is 1.